The zero-order valence-electron chi connectivity index (χ0n) is 9.22. The highest BCUT2D eigenvalue weighted by molar-refractivity contribution is 7.10. The van der Waals surface area contributed by atoms with Gasteiger partial charge in [0.15, 0.2) is 0 Å². The van der Waals surface area contributed by atoms with E-state index in [0.29, 0.717) is 6.04 Å². The van der Waals surface area contributed by atoms with Crippen LogP contribution in [0.15, 0.2) is 23.3 Å². The van der Waals surface area contributed by atoms with Crippen molar-refractivity contribution in [3.63, 3.8) is 0 Å². The van der Waals surface area contributed by atoms with Gasteiger partial charge in [0.1, 0.15) is 0 Å². The van der Waals surface area contributed by atoms with E-state index in [0.717, 1.165) is 19.4 Å². The fourth-order valence-corrected chi connectivity index (χ4v) is 2.88. The van der Waals surface area contributed by atoms with Gasteiger partial charge in [-0.05, 0) is 13.0 Å². The van der Waals surface area contributed by atoms with Crippen LogP contribution < -0.4 is 5.32 Å². The van der Waals surface area contributed by atoms with Crippen molar-refractivity contribution in [2.45, 2.75) is 25.8 Å². The number of nitrogens with zero attached hydrogens (tertiary/aromatic N) is 2. The highest BCUT2D eigenvalue weighted by Crippen LogP contribution is 2.22. The quantitative estimate of drug-likeness (QED) is 0.860. The van der Waals surface area contributed by atoms with Gasteiger partial charge in [-0.1, -0.05) is 6.92 Å². The van der Waals surface area contributed by atoms with Crippen LogP contribution in [0.4, 0.5) is 0 Å². The first-order valence-corrected chi connectivity index (χ1v) is 7.16. The second kappa shape index (κ2) is 6.08. The predicted octanol–water partition coefficient (Wildman–Crippen LogP) is 2.88. The van der Waals surface area contributed by atoms with E-state index in [-0.39, 0.29) is 0 Å². The van der Waals surface area contributed by atoms with Gasteiger partial charge < -0.3 is 5.32 Å². The Kier molecular flexibility index (Phi) is 4.44. The third kappa shape index (κ3) is 3.10. The van der Waals surface area contributed by atoms with Gasteiger partial charge in [-0.3, -0.25) is 4.98 Å². The molecule has 0 aliphatic carbocycles. The van der Waals surface area contributed by atoms with Crippen molar-refractivity contribution >= 4 is 22.7 Å². The van der Waals surface area contributed by atoms with Crippen molar-refractivity contribution in [2.24, 2.45) is 0 Å². The molecule has 2 aromatic heterocycles. The van der Waals surface area contributed by atoms with Gasteiger partial charge in [0.2, 0.25) is 0 Å². The van der Waals surface area contributed by atoms with E-state index in [1.165, 1.54) is 9.88 Å². The first kappa shape index (κ1) is 11.7. The second-order valence-electron chi connectivity index (χ2n) is 3.54. The summed E-state index contributed by atoms with van der Waals surface area (Å²) in [6, 6.07) is 0.360. The molecule has 2 aromatic rings. The van der Waals surface area contributed by atoms with Gasteiger partial charge in [-0.15, -0.1) is 22.7 Å². The summed E-state index contributed by atoms with van der Waals surface area (Å²) in [6.07, 6.45) is 5.92. The Morgan fingerprint density at radius 2 is 2.38 bits per heavy atom. The Hall–Kier alpha value is -0.780. The van der Waals surface area contributed by atoms with Crippen molar-refractivity contribution in [3.05, 3.63) is 33.2 Å². The van der Waals surface area contributed by atoms with Crippen LogP contribution in [0.5, 0.6) is 0 Å². The van der Waals surface area contributed by atoms with E-state index in [1.807, 2.05) is 23.3 Å². The third-order valence-corrected chi connectivity index (χ3v) is 3.99. The Morgan fingerprint density at radius 3 is 3.00 bits per heavy atom. The maximum Gasteiger partial charge on any atom is 0.0944 e. The Balaban J connectivity index is 2.03. The lowest BCUT2D eigenvalue weighted by Gasteiger charge is -2.15. The van der Waals surface area contributed by atoms with Crippen molar-refractivity contribution in [1.82, 2.24) is 15.3 Å². The SMILES string of the molecule is CCCNC(Cc1nccs1)c1cncs1. The van der Waals surface area contributed by atoms with Gasteiger partial charge in [0.05, 0.1) is 10.5 Å². The molecule has 0 saturated carbocycles. The van der Waals surface area contributed by atoms with Crippen LogP contribution in [0, 0.1) is 0 Å². The van der Waals surface area contributed by atoms with E-state index >= 15 is 0 Å². The van der Waals surface area contributed by atoms with E-state index < -0.39 is 0 Å². The topological polar surface area (TPSA) is 37.8 Å². The smallest absolute Gasteiger partial charge is 0.0944 e. The molecule has 0 radical (unpaired) electrons. The zero-order valence-corrected chi connectivity index (χ0v) is 10.9. The van der Waals surface area contributed by atoms with Crippen LogP contribution in [0.1, 0.15) is 29.3 Å². The van der Waals surface area contributed by atoms with Crippen LogP contribution in [-0.2, 0) is 6.42 Å². The minimum Gasteiger partial charge on any atom is -0.309 e. The zero-order chi connectivity index (χ0) is 11.2. The largest absolute Gasteiger partial charge is 0.309 e. The van der Waals surface area contributed by atoms with Gasteiger partial charge in [0.25, 0.3) is 0 Å². The Labute approximate surface area is 104 Å². The first-order valence-electron chi connectivity index (χ1n) is 5.40. The summed E-state index contributed by atoms with van der Waals surface area (Å²) in [7, 11) is 0. The standard InChI is InChI=1S/C11H15N3S2/c1-2-3-13-9(10-7-12-8-16-10)6-11-14-4-5-15-11/h4-5,7-9,13H,2-3,6H2,1H3. The molecule has 0 bridgehead atoms. The van der Waals surface area contributed by atoms with Crippen LogP contribution in [0.25, 0.3) is 0 Å². The predicted molar refractivity (Wildman–Crippen MR) is 69.0 cm³/mol. The molecule has 0 spiro atoms. The molecule has 1 atom stereocenters. The number of nitrogens with one attached hydrogen (secondary N) is 1. The Morgan fingerprint density at radius 1 is 1.44 bits per heavy atom. The van der Waals surface area contributed by atoms with Crippen molar-refractivity contribution < 1.29 is 0 Å². The Bertz CT molecular complexity index is 383. The molecule has 0 amide bonds. The molecule has 0 aliphatic heterocycles. The molecule has 86 valence electrons. The fraction of sp³-hybridized carbons (Fsp3) is 0.455. The molecule has 16 heavy (non-hydrogen) atoms. The average Bonchev–Trinajstić information content (AvgIpc) is 2.96. The van der Waals surface area contributed by atoms with E-state index in [1.54, 1.807) is 22.7 Å². The van der Waals surface area contributed by atoms with Crippen LogP contribution in [0.3, 0.4) is 0 Å². The lowest BCUT2D eigenvalue weighted by Crippen LogP contribution is -2.23. The summed E-state index contributed by atoms with van der Waals surface area (Å²) in [4.78, 5) is 9.77. The molecule has 2 rings (SSSR count). The lowest BCUT2D eigenvalue weighted by molar-refractivity contribution is 0.535. The minimum atomic E-state index is 0.360. The number of thiazole rings is 2. The third-order valence-electron chi connectivity index (χ3n) is 2.30. The summed E-state index contributed by atoms with van der Waals surface area (Å²) < 4.78 is 0. The molecule has 0 fully saturated rings. The van der Waals surface area contributed by atoms with Gasteiger partial charge in [-0.25, -0.2) is 4.98 Å². The van der Waals surface area contributed by atoms with Crippen molar-refractivity contribution in [3.8, 4) is 0 Å². The summed E-state index contributed by atoms with van der Waals surface area (Å²) in [5, 5.41) is 6.76. The molecule has 2 heterocycles. The van der Waals surface area contributed by atoms with Gasteiger partial charge in [0, 0.05) is 35.1 Å². The molecule has 0 aromatic carbocycles. The number of hydrogen-bond acceptors (Lipinski definition) is 5. The maximum atomic E-state index is 4.34. The molecular weight excluding hydrogens is 238 g/mol. The first-order chi connectivity index (χ1) is 7.90. The number of hydrogen-bond donors (Lipinski definition) is 1. The molecule has 3 nitrogen and oxygen atoms in total. The maximum absolute atomic E-state index is 4.34. The summed E-state index contributed by atoms with van der Waals surface area (Å²) in [6.45, 7) is 3.22. The normalized spacial score (nSPS) is 12.8. The monoisotopic (exact) mass is 253 g/mol. The van der Waals surface area contributed by atoms with Crippen LogP contribution in [0.2, 0.25) is 0 Å². The lowest BCUT2D eigenvalue weighted by atomic mass is 10.2. The molecule has 0 aliphatic rings. The molecular formula is C11H15N3S2. The van der Waals surface area contributed by atoms with Crippen LogP contribution >= 0.6 is 22.7 Å². The van der Waals surface area contributed by atoms with E-state index in [9.17, 15) is 0 Å². The van der Waals surface area contributed by atoms with Crippen LogP contribution in [-0.4, -0.2) is 16.5 Å². The van der Waals surface area contributed by atoms with Crippen molar-refractivity contribution in [2.75, 3.05) is 6.54 Å². The molecule has 0 saturated heterocycles. The average molecular weight is 253 g/mol. The summed E-state index contributed by atoms with van der Waals surface area (Å²) in [5.41, 5.74) is 1.89. The number of aromatic nitrogens is 2. The van der Waals surface area contributed by atoms with E-state index in [2.05, 4.69) is 22.2 Å². The number of rotatable bonds is 6. The highest BCUT2D eigenvalue weighted by Gasteiger charge is 2.14. The molecule has 5 heteroatoms. The fourth-order valence-electron chi connectivity index (χ4n) is 1.52. The minimum absolute atomic E-state index is 0.360. The second-order valence-corrected chi connectivity index (χ2v) is 5.44. The van der Waals surface area contributed by atoms with Crippen molar-refractivity contribution in [1.29, 1.82) is 0 Å². The molecule has 1 unspecified atom stereocenters. The van der Waals surface area contributed by atoms with Gasteiger partial charge in [-0.2, -0.15) is 0 Å². The summed E-state index contributed by atoms with van der Waals surface area (Å²) in [5.74, 6) is 0. The van der Waals surface area contributed by atoms with E-state index in [4.69, 9.17) is 0 Å². The molecule has 1 N–H and O–H groups in total. The summed E-state index contributed by atoms with van der Waals surface area (Å²) >= 11 is 3.42. The van der Waals surface area contributed by atoms with Gasteiger partial charge >= 0.3 is 0 Å². The highest BCUT2D eigenvalue weighted by atomic mass is 32.1.